The summed E-state index contributed by atoms with van der Waals surface area (Å²) in [5, 5.41) is 9.11. The molecule has 0 saturated carbocycles. The van der Waals surface area contributed by atoms with Crippen molar-refractivity contribution in [3.05, 3.63) is 35.7 Å². The van der Waals surface area contributed by atoms with Crippen LogP contribution < -0.4 is 0 Å². The van der Waals surface area contributed by atoms with Crippen molar-refractivity contribution >= 4 is 5.76 Å². The van der Waals surface area contributed by atoms with Crippen molar-refractivity contribution in [2.45, 2.75) is 13.8 Å². The highest BCUT2D eigenvalue weighted by atomic mass is 16.3. The van der Waals surface area contributed by atoms with Crippen LogP contribution in [-0.2, 0) is 0 Å². The summed E-state index contributed by atoms with van der Waals surface area (Å²) in [5.74, 6) is 0.105. The van der Waals surface area contributed by atoms with Gasteiger partial charge in [-0.15, -0.1) is 0 Å². The molecule has 1 aromatic rings. The molecule has 1 aromatic heterocycles. The fourth-order valence-corrected chi connectivity index (χ4v) is 0.939. The molecule has 0 saturated heterocycles. The lowest BCUT2D eigenvalue weighted by molar-refractivity contribution is 0.513. The van der Waals surface area contributed by atoms with Crippen LogP contribution in [-0.4, -0.2) is 10.1 Å². The fraction of sp³-hybridized carbons (Fsp3) is 0.222. The highest BCUT2D eigenvalue weighted by molar-refractivity contribution is 5.59. The van der Waals surface area contributed by atoms with E-state index in [0.29, 0.717) is 0 Å². The molecule has 0 aliphatic heterocycles. The minimum absolute atomic E-state index is 0.105. The van der Waals surface area contributed by atoms with Crippen molar-refractivity contribution in [2.24, 2.45) is 0 Å². The van der Waals surface area contributed by atoms with E-state index >= 15 is 0 Å². The van der Waals surface area contributed by atoms with E-state index in [0.717, 1.165) is 16.8 Å². The zero-order valence-corrected chi connectivity index (χ0v) is 6.76. The van der Waals surface area contributed by atoms with Crippen LogP contribution in [0.2, 0.25) is 0 Å². The maximum absolute atomic E-state index is 9.11. The van der Waals surface area contributed by atoms with E-state index in [2.05, 4.69) is 11.6 Å². The third-order valence-electron chi connectivity index (χ3n) is 1.55. The van der Waals surface area contributed by atoms with Gasteiger partial charge < -0.3 is 5.11 Å². The number of aliphatic hydroxyl groups is 1. The maximum atomic E-state index is 9.11. The molecule has 0 aliphatic rings. The topological polar surface area (TPSA) is 33.1 Å². The van der Waals surface area contributed by atoms with Gasteiger partial charge in [-0.3, -0.25) is 4.98 Å². The maximum Gasteiger partial charge on any atom is 0.116 e. The zero-order valence-electron chi connectivity index (χ0n) is 6.76. The van der Waals surface area contributed by atoms with Crippen molar-refractivity contribution in [1.82, 2.24) is 4.98 Å². The highest BCUT2D eigenvalue weighted by Gasteiger charge is 2.00. The van der Waals surface area contributed by atoms with Gasteiger partial charge in [-0.2, -0.15) is 0 Å². The number of aliphatic hydroxyl groups excluding tert-OH is 1. The van der Waals surface area contributed by atoms with Crippen molar-refractivity contribution in [2.75, 3.05) is 0 Å². The summed E-state index contributed by atoms with van der Waals surface area (Å²) in [4.78, 5) is 4.07. The van der Waals surface area contributed by atoms with Gasteiger partial charge in [0, 0.05) is 17.5 Å². The Hall–Kier alpha value is -1.31. The first kappa shape index (κ1) is 7.79. The van der Waals surface area contributed by atoms with E-state index in [-0.39, 0.29) is 5.76 Å². The van der Waals surface area contributed by atoms with E-state index in [9.17, 15) is 0 Å². The molecule has 0 aromatic carbocycles. The summed E-state index contributed by atoms with van der Waals surface area (Å²) in [6, 6.07) is 1.82. The van der Waals surface area contributed by atoms with Crippen LogP contribution in [0.25, 0.3) is 5.76 Å². The molecule has 1 heterocycles. The number of hydrogen-bond donors (Lipinski definition) is 1. The molecule has 0 fully saturated rings. The van der Waals surface area contributed by atoms with Crippen molar-refractivity contribution in [3.63, 3.8) is 0 Å². The molecular weight excluding hydrogens is 138 g/mol. The van der Waals surface area contributed by atoms with E-state index < -0.39 is 0 Å². The van der Waals surface area contributed by atoms with Gasteiger partial charge in [-0.05, 0) is 25.5 Å². The third-order valence-corrected chi connectivity index (χ3v) is 1.55. The van der Waals surface area contributed by atoms with Crippen LogP contribution in [0.3, 0.4) is 0 Å². The molecular formula is C9H11NO. The van der Waals surface area contributed by atoms with Gasteiger partial charge in [-0.25, -0.2) is 0 Å². The summed E-state index contributed by atoms with van der Waals surface area (Å²) in [5.41, 5.74) is 2.61. The standard InChI is InChI=1S/C9H11NO/c1-6-5-10-7(2)4-9(6)8(3)11/h4-5,11H,3H2,1-2H3. The summed E-state index contributed by atoms with van der Waals surface area (Å²) in [6.07, 6.45) is 1.73. The Balaban J connectivity index is 3.23. The highest BCUT2D eigenvalue weighted by Crippen LogP contribution is 2.14. The molecule has 2 heteroatoms. The van der Waals surface area contributed by atoms with Crippen LogP contribution in [0, 0.1) is 13.8 Å². The first-order chi connectivity index (χ1) is 5.11. The van der Waals surface area contributed by atoms with Gasteiger partial charge in [0.25, 0.3) is 0 Å². The third kappa shape index (κ3) is 1.58. The first-order valence-corrected chi connectivity index (χ1v) is 3.42. The smallest absolute Gasteiger partial charge is 0.116 e. The minimum Gasteiger partial charge on any atom is -0.508 e. The van der Waals surface area contributed by atoms with Crippen LogP contribution in [0.5, 0.6) is 0 Å². The van der Waals surface area contributed by atoms with Crippen LogP contribution >= 0.6 is 0 Å². The lowest BCUT2D eigenvalue weighted by Gasteiger charge is -2.03. The van der Waals surface area contributed by atoms with Gasteiger partial charge in [0.15, 0.2) is 0 Å². The van der Waals surface area contributed by atoms with E-state index in [1.54, 1.807) is 6.20 Å². The SMILES string of the molecule is C=C(O)c1cc(C)ncc1C. The lowest BCUT2D eigenvalue weighted by atomic mass is 10.1. The molecule has 0 radical (unpaired) electrons. The number of aryl methyl sites for hydroxylation is 2. The van der Waals surface area contributed by atoms with Gasteiger partial charge in [0.1, 0.15) is 5.76 Å². The Kier molecular flexibility index (Phi) is 1.94. The van der Waals surface area contributed by atoms with E-state index in [1.165, 1.54) is 0 Å². The Bertz CT molecular complexity index is 292. The Morgan fingerprint density at radius 3 is 2.64 bits per heavy atom. The second kappa shape index (κ2) is 2.74. The lowest BCUT2D eigenvalue weighted by Crippen LogP contribution is -1.90. The Morgan fingerprint density at radius 2 is 2.18 bits per heavy atom. The molecule has 58 valence electrons. The molecule has 0 amide bonds. The van der Waals surface area contributed by atoms with Gasteiger partial charge in [0.05, 0.1) is 0 Å². The predicted molar refractivity (Wildman–Crippen MR) is 45.4 cm³/mol. The number of hydrogen-bond acceptors (Lipinski definition) is 2. The second-order valence-corrected chi connectivity index (χ2v) is 2.59. The van der Waals surface area contributed by atoms with Crippen LogP contribution in [0.4, 0.5) is 0 Å². The molecule has 1 N–H and O–H groups in total. The minimum atomic E-state index is 0.105. The normalized spacial score (nSPS) is 9.64. The molecule has 0 unspecified atom stereocenters. The average molecular weight is 149 g/mol. The predicted octanol–water partition coefficient (Wildman–Crippen LogP) is 2.23. The largest absolute Gasteiger partial charge is 0.508 e. The molecule has 0 spiro atoms. The molecule has 1 rings (SSSR count). The molecule has 0 atom stereocenters. The number of pyridine rings is 1. The summed E-state index contributed by atoms with van der Waals surface area (Å²) >= 11 is 0. The number of rotatable bonds is 1. The van der Waals surface area contributed by atoms with Crippen LogP contribution in [0.15, 0.2) is 18.8 Å². The van der Waals surface area contributed by atoms with Gasteiger partial charge >= 0.3 is 0 Å². The van der Waals surface area contributed by atoms with E-state index in [4.69, 9.17) is 5.11 Å². The van der Waals surface area contributed by atoms with Crippen molar-refractivity contribution < 1.29 is 5.11 Å². The summed E-state index contributed by atoms with van der Waals surface area (Å²) < 4.78 is 0. The molecule has 0 aliphatic carbocycles. The van der Waals surface area contributed by atoms with Crippen molar-refractivity contribution in [3.8, 4) is 0 Å². The Morgan fingerprint density at radius 1 is 1.55 bits per heavy atom. The average Bonchev–Trinajstić information content (AvgIpc) is 1.94. The summed E-state index contributed by atoms with van der Waals surface area (Å²) in [6.45, 7) is 7.23. The number of nitrogens with zero attached hydrogens (tertiary/aromatic N) is 1. The fourth-order valence-electron chi connectivity index (χ4n) is 0.939. The second-order valence-electron chi connectivity index (χ2n) is 2.59. The van der Waals surface area contributed by atoms with Gasteiger partial charge in [-0.1, -0.05) is 6.58 Å². The zero-order chi connectivity index (χ0) is 8.43. The molecule has 2 nitrogen and oxygen atoms in total. The first-order valence-electron chi connectivity index (χ1n) is 3.42. The van der Waals surface area contributed by atoms with Gasteiger partial charge in [0.2, 0.25) is 0 Å². The summed E-state index contributed by atoms with van der Waals surface area (Å²) in [7, 11) is 0. The molecule has 11 heavy (non-hydrogen) atoms. The van der Waals surface area contributed by atoms with E-state index in [1.807, 2.05) is 19.9 Å². The van der Waals surface area contributed by atoms with Crippen molar-refractivity contribution in [1.29, 1.82) is 0 Å². The van der Waals surface area contributed by atoms with Crippen LogP contribution in [0.1, 0.15) is 16.8 Å². The number of aromatic nitrogens is 1. The molecule has 0 bridgehead atoms. The Labute approximate surface area is 66.2 Å². The monoisotopic (exact) mass is 149 g/mol. The quantitative estimate of drug-likeness (QED) is 0.621.